The van der Waals surface area contributed by atoms with E-state index in [0.717, 1.165) is 87.9 Å². The lowest BCUT2D eigenvalue weighted by Crippen LogP contribution is -2.51. The molecule has 352 valence electrons. The van der Waals surface area contributed by atoms with E-state index >= 15 is 0 Å². The van der Waals surface area contributed by atoms with E-state index in [2.05, 4.69) is 57.9 Å². The highest BCUT2D eigenvalue weighted by atomic mass is 19.4. The summed E-state index contributed by atoms with van der Waals surface area (Å²) in [7, 11) is 0. The monoisotopic (exact) mass is 918 g/mol. The third-order valence-corrected chi connectivity index (χ3v) is 12.5. The lowest BCUT2D eigenvalue weighted by Gasteiger charge is -2.37. The summed E-state index contributed by atoms with van der Waals surface area (Å²) in [5, 5.41) is 7.19. The number of aromatic nitrogens is 4. The van der Waals surface area contributed by atoms with E-state index < -0.39 is 35.8 Å². The van der Waals surface area contributed by atoms with Crippen molar-refractivity contribution in [2.45, 2.75) is 78.9 Å². The standard InChI is InChI=1S/C50H57F3N10O4/c1-30(2)60-20-24-62(25-21-60)48-54-33(6)40-28-36(12-18-42(40)58-48)56-46(64)44(66-38-14-8-32(5)9-15-38)45(67-39-16-10-35(11-17-39)50(51,52)53)47(65)57-37-13-19-43-41(29-37)34(7)55-49(59-43)63-26-22-61(23-27-63)31(3)4/h8-19,28-31,44-45H,20-27H2,1-7H3,(H,56,64)(H,57,65). The van der Waals surface area contributed by atoms with Gasteiger partial charge in [0, 0.05) is 86.6 Å². The van der Waals surface area contributed by atoms with Crippen LogP contribution >= 0.6 is 0 Å². The highest BCUT2D eigenvalue weighted by Gasteiger charge is 2.39. The number of aryl methyl sites for hydroxylation is 3. The number of hydrogen-bond donors (Lipinski definition) is 2. The summed E-state index contributed by atoms with van der Waals surface area (Å²) in [4.78, 5) is 57.8. The number of hydrogen-bond acceptors (Lipinski definition) is 12. The number of carbonyl (C=O) groups excluding carboxylic acids is 2. The zero-order chi connectivity index (χ0) is 47.6. The fraction of sp³-hybridized carbons (Fsp3) is 0.400. The first kappa shape index (κ1) is 46.9. The molecule has 6 aromatic rings. The van der Waals surface area contributed by atoms with Gasteiger partial charge in [0.2, 0.25) is 24.1 Å². The lowest BCUT2D eigenvalue weighted by molar-refractivity contribution is -0.137. The van der Waals surface area contributed by atoms with Gasteiger partial charge in [0.15, 0.2) is 0 Å². The van der Waals surface area contributed by atoms with Crippen LogP contribution in [0.4, 0.5) is 36.4 Å². The highest BCUT2D eigenvalue weighted by Crippen LogP contribution is 2.32. The van der Waals surface area contributed by atoms with E-state index in [1.165, 1.54) is 0 Å². The van der Waals surface area contributed by atoms with E-state index in [9.17, 15) is 22.8 Å². The van der Waals surface area contributed by atoms with Crippen molar-refractivity contribution in [1.82, 2.24) is 29.7 Å². The van der Waals surface area contributed by atoms with Crippen LogP contribution in [0.25, 0.3) is 21.8 Å². The summed E-state index contributed by atoms with van der Waals surface area (Å²) < 4.78 is 53.4. The van der Waals surface area contributed by atoms with Crippen molar-refractivity contribution in [3.63, 3.8) is 0 Å². The number of fused-ring (bicyclic) bond motifs is 2. The van der Waals surface area contributed by atoms with Crippen molar-refractivity contribution < 1.29 is 32.2 Å². The second-order valence-corrected chi connectivity index (χ2v) is 17.8. The fourth-order valence-corrected chi connectivity index (χ4v) is 8.41. The Morgan fingerprint density at radius 2 is 0.940 bits per heavy atom. The van der Waals surface area contributed by atoms with E-state index in [1.54, 1.807) is 60.7 Å². The third-order valence-electron chi connectivity index (χ3n) is 12.5. The predicted molar refractivity (Wildman–Crippen MR) is 255 cm³/mol. The van der Waals surface area contributed by atoms with Crippen LogP contribution in [0.15, 0.2) is 84.9 Å². The van der Waals surface area contributed by atoms with Crippen molar-refractivity contribution >= 4 is 56.9 Å². The third kappa shape index (κ3) is 11.0. The van der Waals surface area contributed by atoms with Gasteiger partial charge >= 0.3 is 6.18 Å². The van der Waals surface area contributed by atoms with Crippen molar-refractivity contribution in [2.24, 2.45) is 0 Å². The van der Waals surface area contributed by atoms with Crippen LogP contribution in [0.3, 0.4) is 0 Å². The van der Waals surface area contributed by atoms with Gasteiger partial charge in [0.1, 0.15) is 11.5 Å². The SMILES string of the molecule is Cc1ccc(OC(C(=O)Nc2ccc3nc(N4CCN(C(C)C)CC4)nc(C)c3c2)C(Oc2ccc(C(F)(F)F)cc2)C(=O)Nc2ccc3nc(N4CCN(C(C)C)CC4)nc(C)c3c2)cc1. The molecule has 2 unspecified atom stereocenters. The average Bonchev–Trinajstić information content (AvgIpc) is 3.30. The molecule has 2 N–H and O–H groups in total. The maximum Gasteiger partial charge on any atom is 0.416 e. The van der Waals surface area contributed by atoms with Crippen molar-refractivity contribution in [3.05, 3.63) is 107 Å². The van der Waals surface area contributed by atoms with E-state index in [1.807, 2.05) is 20.8 Å². The van der Waals surface area contributed by atoms with Crippen LogP contribution in [0, 0.1) is 20.8 Å². The van der Waals surface area contributed by atoms with Gasteiger partial charge in [-0.2, -0.15) is 13.2 Å². The molecule has 2 aliphatic heterocycles. The molecule has 2 aliphatic rings. The number of ether oxygens (including phenoxy) is 2. The van der Waals surface area contributed by atoms with Crippen LogP contribution in [0.1, 0.15) is 50.2 Å². The van der Waals surface area contributed by atoms with Crippen molar-refractivity contribution in [3.8, 4) is 11.5 Å². The molecular weight excluding hydrogens is 862 g/mol. The topological polar surface area (TPSA) is 141 Å². The number of benzene rings is 4. The number of rotatable bonds is 13. The number of halogens is 3. The number of anilines is 4. The maximum atomic E-state index is 14.6. The number of piperazine rings is 2. The molecule has 2 aromatic heterocycles. The molecule has 67 heavy (non-hydrogen) atoms. The Morgan fingerprint density at radius 3 is 1.31 bits per heavy atom. The molecule has 17 heteroatoms. The minimum Gasteiger partial charge on any atom is -0.476 e. The molecular formula is C50H57F3N10O4. The Bertz CT molecular complexity index is 2720. The van der Waals surface area contributed by atoms with Gasteiger partial charge in [-0.1, -0.05) is 17.7 Å². The van der Waals surface area contributed by atoms with Crippen LogP contribution in [0.5, 0.6) is 11.5 Å². The summed E-state index contributed by atoms with van der Waals surface area (Å²) in [5.74, 6) is -0.122. The Morgan fingerprint density at radius 1 is 0.552 bits per heavy atom. The lowest BCUT2D eigenvalue weighted by atomic mass is 10.1. The molecule has 0 radical (unpaired) electrons. The van der Waals surface area contributed by atoms with Crippen molar-refractivity contribution in [1.29, 1.82) is 0 Å². The largest absolute Gasteiger partial charge is 0.476 e. The van der Waals surface area contributed by atoms with Gasteiger partial charge in [0.25, 0.3) is 11.8 Å². The van der Waals surface area contributed by atoms with Gasteiger partial charge in [-0.15, -0.1) is 0 Å². The molecule has 4 heterocycles. The zero-order valence-electron chi connectivity index (χ0n) is 38.9. The fourth-order valence-electron chi connectivity index (χ4n) is 8.41. The highest BCUT2D eigenvalue weighted by molar-refractivity contribution is 6.04. The van der Waals surface area contributed by atoms with Crippen LogP contribution in [0.2, 0.25) is 0 Å². The zero-order valence-corrected chi connectivity index (χ0v) is 38.9. The van der Waals surface area contributed by atoms with Gasteiger partial charge in [0.05, 0.1) is 28.0 Å². The Hall–Kier alpha value is -6.59. The number of carbonyl (C=O) groups is 2. The Balaban J connectivity index is 1.09. The van der Waals surface area contributed by atoms with E-state index in [0.29, 0.717) is 62.9 Å². The molecule has 0 saturated carbocycles. The van der Waals surface area contributed by atoms with Crippen LogP contribution in [-0.2, 0) is 15.8 Å². The molecule has 2 saturated heterocycles. The number of nitrogens with zero attached hydrogens (tertiary/aromatic N) is 8. The van der Waals surface area contributed by atoms with E-state index in [-0.39, 0.29) is 11.5 Å². The smallest absolute Gasteiger partial charge is 0.416 e. The molecule has 0 aliphatic carbocycles. The minimum atomic E-state index is -4.61. The summed E-state index contributed by atoms with van der Waals surface area (Å²) in [6.07, 6.45) is -8.02. The summed E-state index contributed by atoms with van der Waals surface area (Å²) in [6, 6.07) is 22.2. The van der Waals surface area contributed by atoms with E-state index in [4.69, 9.17) is 29.4 Å². The van der Waals surface area contributed by atoms with Crippen LogP contribution < -0.4 is 29.9 Å². The van der Waals surface area contributed by atoms with Gasteiger partial charge in [-0.25, -0.2) is 19.9 Å². The Labute approximate surface area is 388 Å². The average molecular weight is 919 g/mol. The minimum absolute atomic E-state index is 0.0946. The molecule has 0 spiro atoms. The predicted octanol–water partition coefficient (Wildman–Crippen LogP) is 8.05. The Kier molecular flexibility index (Phi) is 13.8. The molecule has 0 bridgehead atoms. The molecule has 8 rings (SSSR count). The van der Waals surface area contributed by atoms with Crippen molar-refractivity contribution in [2.75, 3.05) is 72.8 Å². The molecule has 4 aromatic carbocycles. The second-order valence-electron chi connectivity index (χ2n) is 17.8. The first-order chi connectivity index (χ1) is 32.0. The normalized spacial score (nSPS) is 16.1. The second kappa shape index (κ2) is 19.7. The summed E-state index contributed by atoms with van der Waals surface area (Å²) in [6.45, 7) is 21.2. The molecule has 2 fully saturated rings. The van der Waals surface area contributed by atoms with Gasteiger partial charge < -0.3 is 29.9 Å². The molecule has 2 amide bonds. The maximum absolute atomic E-state index is 14.6. The summed E-state index contributed by atoms with van der Waals surface area (Å²) >= 11 is 0. The molecule has 2 atom stereocenters. The first-order valence-corrected chi connectivity index (χ1v) is 22.7. The number of alkyl halides is 3. The van der Waals surface area contributed by atoms with Gasteiger partial charge in [-0.05, 0) is 121 Å². The van der Waals surface area contributed by atoms with Gasteiger partial charge in [-0.3, -0.25) is 19.4 Å². The number of amides is 2. The number of nitrogens with one attached hydrogen (secondary N) is 2. The van der Waals surface area contributed by atoms with Crippen LogP contribution in [-0.4, -0.2) is 118 Å². The summed E-state index contributed by atoms with van der Waals surface area (Å²) in [5.41, 5.74) is 3.54. The molecule has 14 nitrogen and oxygen atoms in total. The first-order valence-electron chi connectivity index (χ1n) is 22.7. The quantitative estimate of drug-likeness (QED) is 0.116.